The van der Waals surface area contributed by atoms with E-state index >= 15 is 0 Å². The van der Waals surface area contributed by atoms with Crippen molar-refractivity contribution < 1.29 is 0 Å². The molecule has 1 atom stereocenters. The van der Waals surface area contributed by atoms with Crippen molar-refractivity contribution in [2.45, 2.75) is 32.6 Å². The van der Waals surface area contributed by atoms with Crippen LogP contribution in [0.25, 0.3) is 0 Å². The molecule has 1 aliphatic heterocycles. The van der Waals surface area contributed by atoms with Crippen LogP contribution in [0.15, 0.2) is 0 Å². The van der Waals surface area contributed by atoms with E-state index in [9.17, 15) is 0 Å². The van der Waals surface area contributed by atoms with Gasteiger partial charge in [0, 0.05) is 0 Å². The van der Waals surface area contributed by atoms with Gasteiger partial charge in [0.05, 0.1) is 0 Å². The van der Waals surface area contributed by atoms with Gasteiger partial charge in [0.15, 0.2) is 0 Å². The van der Waals surface area contributed by atoms with E-state index in [-0.39, 0.29) is 0 Å². The first-order chi connectivity index (χ1) is 7.72. The van der Waals surface area contributed by atoms with Gasteiger partial charge in [-0.15, -0.1) is 0 Å². The first-order valence-corrected chi connectivity index (χ1v) is 6.81. The van der Waals surface area contributed by atoms with Crippen molar-refractivity contribution >= 4 is 0 Å². The van der Waals surface area contributed by atoms with Gasteiger partial charge < -0.3 is 16.0 Å². The van der Waals surface area contributed by atoms with Crippen molar-refractivity contribution in [3.05, 3.63) is 0 Å². The number of nitrogens with two attached hydrogens (primary N) is 1. The predicted molar refractivity (Wildman–Crippen MR) is 70.5 cm³/mol. The Morgan fingerprint density at radius 1 is 1.38 bits per heavy atom. The zero-order valence-electron chi connectivity index (χ0n) is 11.0. The SMILES string of the molecule is CC(CCN)CNCCC1CCN(C)CC1. The van der Waals surface area contributed by atoms with Gasteiger partial charge >= 0.3 is 0 Å². The van der Waals surface area contributed by atoms with Crippen LogP contribution in [0.5, 0.6) is 0 Å². The second-order valence-corrected chi connectivity index (χ2v) is 5.42. The highest BCUT2D eigenvalue weighted by Crippen LogP contribution is 2.18. The molecule has 0 bridgehead atoms. The van der Waals surface area contributed by atoms with Gasteiger partial charge in [-0.05, 0) is 77.3 Å². The zero-order valence-corrected chi connectivity index (χ0v) is 11.0. The topological polar surface area (TPSA) is 41.3 Å². The van der Waals surface area contributed by atoms with Crippen LogP contribution in [0.4, 0.5) is 0 Å². The molecule has 1 fully saturated rings. The van der Waals surface area contributed by atoms with E-state index in [0.29, 0.717) is 0 Å². The Morgan fingerprint density at radius 3 is 2.69 bits per heavy atom. The van der Waals surface area contributed by atoms with Crippen LogP contribution in [-0.4, -0.2) is 44.7 Å². The lowest BCUT2D eigenvalue weighted by atomic mass is 9.94. The normalized spacial score (nSPS) is 21.2. The molecule has 1 aliphatic rings. The largest absolute Gasteiger partial charge is 0.330 e. The molecule has 3 heteroatoms. The summed E-state index contributed by atoms with van der Waals surface area (Å²) >= 11 is 0. The van der Waals surface area contributed by atoms with Gasteiger partial charge in [0.2, 0.25) is 0 Å². The summed E-state index contributed by atoms with van der Waals surface area (Å²) < 4.78 is 0. The van der Waals surface area contributed by atoms with Crippen molar-refractivity contribution in [1.29, 1.82) is 0 Å². The van der Waals surface area contributed by atoms with E-state index in [2.05, 4.69) is 24.2 Å². The van der Waals surface area contributed by atoms with E-state index in [1.807, 2.05) is 0 Å². The van der Waals surface area contributed by atoms with Crippen molar-refractivity contribution in [1.82, 2.24) is 10.2 Å². The minimum absolute atomic E-state index is 0.725. The third-order valence-corrected chi connectivity index (χ3v) is 3.72. The molecule has 1 saturated heterocycles. The fourth-order valence-corrected chi connectivity index (χ4v) is 2.39. The summed E-state index contributed by atoms with van der Waals surface area (Å²) in [6.45, 7) is 7.98. The minimum Gasteiger partial charge on any atom is -0.330 e. The smallest absolute Gasteiger partial charge is 0.00191 e. The Morgan fingerprint density at radius 2 is 2.06 bits per heavy atom. The van der Waals surface area contributed by atoms with Gasteiger partial charge in [-0.3, -0.25) is 0 Å². The van der Waals surface area contributed by atoms with E-state index in [1.54, 1.807) is 0 Å². The Balaban J connectivity index is 1.95. The molecule has 0 radical (unpaired) electrons. The third-order valence-electron chi connectivity index (χ3n) is 3.72. The maximum Gasteiger partial charge on any atom is -0.00191 e. The number of likely N-dealkylation sites (tertiary alicyclic amines) is 1. The van der Waals surface area contributed by atoms with E-state index in [4.69, 9.17) is 5.73 Å². The lowest BCUT2D eigenvalue weighted by Crippen LogP contribution is -2.32. The summed E-state index contributed by atoms with van der Waals surface area (Å²) in [7, 11) is 2.23. The lowest BCUT2D eigenvalue weighted by Gasteiger charge is -2.29. The molecule has 0 spiro atoms. The van der Waals surface area contributed by atoms with E-state index in [1.165, 1.54) is 38.9 Å². The summed E-state index contributed by atoms with van der Waals surface area (Å²) in [5, 5.41) is 3.56. The molecule has 16 heavy (non-hydrogen) atoms. The first kappa shape index (κ1) is 13.9. The number of piperidine rings is 1. The minimum atomic E-state index is 0.725. The van der Waals surface area contributed by atoms with Crippen LogP contribution in [0, 0.1) is 11.8 Å². The summed E-state index contributed by atoms with van der Waals surface area (Å²) in [5.74, 6) is 1.68. The molecule has 1 heterocycles. The fourth-order valence-electron chi connectivity index (χ4n) is 2.39. The third kappa shape index (κ3) is 5.83. The molecule has 0 aromatic carbocycles. The highest BCUT2D eigenvalue weighted by molar-refractivity contribution is 4.71. The molecule has 0 aromatic rings. The molecular weight excluding hydrogens is 198 g/mol. The molecule has 0 aromatic heterocycles. The monoisotopic (exact) mass is 227 g/mol. The second kappa shape index (κ2) is 8.04. The Kier molecular flexibility index (Phi) is 7.01. The maximum absolute atomic E-state index is 5.53. The number of nitrogens with one attached hydrogen (secondary N) is 1. The van der Waals surface area contributed by atoms with Crippen molar-refractivity contribution in [3.8, 4) is 0 Å². The van der Waals surface area contributed by atoms with Crippen LogP contribution in [0.2, 0.25) is 0 Å². The Labute approximate surface area is 101 Å². The Bertz CT molecular complexity index is 165. The van der Waals surface area contributed by atoms with Crippen molar-refractivity contribution in [2.75, 3.05) is 39.8 Å². The van der Waals surface area contributed by atoms with Crippen molar-refractivity contribution in [2.24, 2.45) is 17.6 Å². The molecule has 3 nitrogen and oxygen atoms in total. The Hall–Kier alpha value is -0.120. The maximum atomic E-state index is 5.53. The molecule has 3 N–H and O–H groups in total. The summed E-state index contributed by atoms with van der Waals surface area (Å²) in [5.41, 5.74) is 5.53. The lowest BCUT2D eigenvalue weighted by molar-refractivity contribution is 0.211. The van der Waals surface area contributed by atoms with Gasteiger partial charge in [-0.1, -0.05) is 6.92 Å². The number of rotatable bonds is 7. The highest BCUT2D eigenvalue weighted by Gasteiger charge is 2.15. The number of nitrogens with zero attached hydrogens (tertiary/aromatic N) is 1. The highest BCUT2D eigenvalue weighted by atomic mass is 15.1. The molecule has 1 unspecified atom stereocenters. The van der Waals surface area contributed by atoms with Gasteiger partial charge in [-0.2, -0.15) is 0 Å². The summed E-state index contributed by atoms with van der Waals surface area (Å²) in [4.78, 5) is 2.44. The number of hydrogen-bond acceptors (Lipinski definition) is 3. The fraction of sp³-hybridized carbons (Fsp3) is 1.00. The van der Waals surface area contributed by atoms with E-state index in [0.717, 1.165) is 31.3 Å². The summed E-state index contributed by atoms with van der Waals surface area (Å²) in [6, 6.07) is 0. The van der Waals surface area contributed by atoms with Crippen LogP contribution in [0.1, 0.15) is 32.6 Å². The van der Waals surface area contributed by atoms with Crippen LogP contribution in [-0.2, 0) is 0 Å². The zero-order chi connectivity index (χ0) is 11.8. The predicted octanol–water partition coefficient (Wildman–Crippen LogP) is 1.29. The molecule has 96 valence electrons. The van der Waals surface area contributed by atoms with Gasteiger partial charge in [-0.25, -0.2) is 0 Å². The van der Waals surface area contributed by atoms with Gasteiger partial charge in [0.25, 0.3) is 0 Å². The second-order valence-electron chi connectivity index (χ2n) is 5.42. The standard InChI is InChI=1S/C13H29N3/c1-12(3-7-14)11-15-8-4-13-5-9-16(2)10-6-13/h12-13,15H,3-11,14H2,1-2H3. The molecular formula is C13H29N3. The average Bonchev–Trinajstić information content (AvgIpc) is 2.27. The average molecular weight is 227 g/mol. The quantitative estimate of drug-likeness (QED) is 0.644. The molecule has 0 saturated carbocycles. The molecule has 0 aliphatic carbocycles. The number of hydrogen-bond donors (Lipinski definition) is 2. The van der Waals surface area contributed by atoms with Crippen LogP contribution >= 0.6 is 0 Å². The van der Waals surface area contributed by atoms with Crippen molar-refractivity contribution in [3.63, 3.8) is 0 Å². The summed E-state index contributed by atoms with van der Waals surface area (Å²) in [6.07, 6.45) is 5.26. The van der Waals surface area contributed by atoms with Gasteiger partial charge in [0.1, 0.15) is 0 Å². The first-order valence-electron chi connectivity index (χ1n) is 6.81. The molecule has 0 amide bonds. The van der Waals surface area contributed by atoms with Crippen LogP contribution in [0.3, 0.4) is 0 Å². The van der Waals surface area contributed by atoms with Crippen LogP contribution < -0.4 is 11.1 Å². The molecule has 1 rings (SSSR count). The van der Waals surface area contributed by atoms with E-state index < -0.39 is 0 Å².